The molecule has 0 fully saturated rings. The van der Waals surface area contributed by atoms with Crippen LogP contribution in [0.5, 0.6) is 0 Å². The van der Waals surface area contributed by atoms with Crippen molar-refractivity contribution in [3.05, 3.63) is 72.5 Å². The Balaban J connectivity index is 0.000000245. The molecule has 1 aromatic rings. The zero-order chi connectivity index (χ0) is 10.2. The fraction of sp³-hybridized carbons (Fsp3) is 0. The standard InChI is InChI=1S/C7H7.C6H6O.Fe/c1-2-7-5-3-4-6-7;7-5-6-3-1-2-4-6;/h2-6H,1H2;1-5,7H;/q-1;;+2/p-1. The summed E-state index contributed by atoms with van der Waals surface area (Å²) in [6, 6.07) is 8.04. The minimum Gasteiger partial charge on any atom is -0.877 e. The van der Waals surface area contributed by atoms with Crippen molar-refractivity contribution in [1.29, 1.82) is 0 Å². The van der Waals surface area contributed by atoms with Crippen molar-refractivity contribution >= 4 is 6.08 Å². The summed E-state index contributed by atoms with van der Waals surface area (Å²) < 4.78 is 0. The van der Waals surface area contributed by atoms with Gasteiger partial charge in [0, 0.05) is 0 Å². The van der Waals surface area contributed by atoms with Crippen molar-refractivity contribution < 1.29 is 22.2 Å². The second-order valence-corrected chi connectivity index (χ2v) is 2.76. The maximum Gasteiger partial charge on any atom is 2.00 e. The van der Waals surface area contributed by atoms with E-state index in [0.29, 0.717) is 0 Å². The van der Waals surface area contributed by atoms with Crippen molar-refractivity contribution in [2.24, 2.45) is 0 Å². The van der Waals surface area contributed by atoms with Crippen LogP contribution in [0.25, 0.3) is 6.08 Å². The van der Waals surface area contributed by atoms with Gasteiger partial charge < -0.3 is 5.11 Å². The van der Waals surface area contributed by atoms with Gasteiger partial charge in [-0.2, -0.15) is 23.8 Å². The van der Waals surface area contributed by atoms with E-state index >= 15 is 0 Å². The van der Waals surface area contributed by atoms with Crippen molar-refractivity contribution in [3.8, 4) is 0 Å². The molecule has 0 amide bonds. The van der Waals surface area contributed by atoms with Gasteiger partial charge in [0.05, 0.1) is 0 Å². The maximum absolute atomic E-state index is 9.87. The van der Waals surface area contributed by atoms with Gasteiger partial charge >= 0.3 is 17.1 Å². The van der Waals surface area contributed by atoms with Crippen molar-refractivity contribution in [2.75, 3.05) is 0 Å². The van der Waals surface area contributed by atoms with Crippen LogP contribution in [0.2, 0.25) is 0 Å². The Morgan fingerprint density at radius 3 is 2.20 bits per heavy atom. The molecule has 0 atom stereocenters. The summed E-state index contributed by atoms with van der Waals surface area (Å²) in [5.41, 5.74) is 1.94. The number of hydrogen-bond acceptors (Lipinski definition) is 1. The average molecular weight is 240 g/mol. The molecule has 15 heavy (non-hydrogen) atoms. The number of allylic oxidation sites excluding steroid dienone is 5. The van der Waals surface area contributed by atoms with Gasteiger partial charge in [-0.15, -0.1) is 25.0 Å². The molecule has 1 aliphatic rings. The van der Waals surface area contributed by atoms with E-state index in [-0.39, 0.29) is 17.1 Å². The molecule has 0 aliphatic heterocycles. The van der Waals surface area contributed by atoms with Gasteiger partial charge in [0.2, 0.25) is 0 Å². The normalized spacial score (nSPS) is 11.3. The largest absolute Gasteiger partial charge is 2.00 e. The molecule has 78 valence electrons. The van der Waals surface area contributed by atoms with Crippen LogP contribution >= 0.6 is 0 Å². The third-order valence-corrected chi connectivity index (χ3v) is 1.75. The SMILES string of the molecule is C=Cc1ccc[cH-]1.[Fe+2].[O-]C=C1C=CC=C1. The van der Waals surface area contributed by atoms with Gasteiger partial charge in [-0.05, 0) is 5.57 Å². The van der Waals surface area contributed by atoms with E-state index in [1.54, 1.807) is 12.2 Å². The zero-order valence-corrected chi connectivity index (χ0v) is 9.35. The molecule has 0 N–H and O–H groups in total. The third-order valence-electron chi connectivity index (χ3n) is 1.75. The first-order chi connectivity index (χ1) is 6.86. The van der Waals surface area contributed by atoms with Crippen molar-refractivity contribution in [1.82, 2.24) is 0 Å². The smallest absolute Gasteiger partial charge is 0.877 e. The molecule has 0 radical (unpaired) electrons. The molecule has 1 aromatic carbocycles. The summed E-state index contributed by atoms with van der Waals surface area (Å²) >= 11 is 0. The fourth-order valence-electron chi connectivity index (χ4n) is 0.992. The Kier molecular flexibility index (Phi) is 7.25. The van der Waals surface area contributed by atoms with Crippen LogP contribution in [0, 0.1) is 0 Å². The molecule has 0 bridgehead atoms. The Bertz CT molecular complexity index is 342. The molecule has 2 rings (SSSR count). The van der Waals surface area contributed by atoms with E-state index < -0.39 is 0 Å². The van der Waals surface area contributed by atoms with Gasteiger partial charge in [0.1, 0.15) is 0 Å². The topological polar surface area (TPSA) is 23.1 Å². The van der Waals surface area contributed by atoms with Crippen LogP contribution in [0.3, 0.4) is 0 Å². The van der Waals surface area contributed by atoms with Crippen molar-refractivity contribution in [2.45, 2.75) is 0 Å². The van der Waals surface area contributed by atoms with Crippen LogP contribution in [0.1, 0.15) is 5.56 Å². The van der Waals surface area contributed by atoms with Gasteiger partial charge in [-0.1, -0.05) is 24.3 Å². The van der Waals surface area contributed by atoms with E-state index in [1.165, 1.54) is 5.56 Å². The predicted molar refractivity (Wildman–Crippen MR) is 58.5 cm³/mol. The van der Waals surface area contributed by atoms with Crippen LogP contribution in [-0.2, 0) is 17.1 Å². The number of rotatable bonds is 1. The summed E-state index contributed by atoms with van der Waals surface area (Å²) in [5, 5.41) is 9.87. The van der Waals surface area contributed by atoms with Gasteiger partial charge in [-0.3, -0.25) is 0 Å². The molecule has 0 saturated heterocycles. The summed E-state index contributed by atoms with van der Waals surface area (Å²) in [6.07, 6.45) is 9.88. The van der Waals surface area contributed by atoms with Crippen LogP contribution in [-0.4, -0.2) is 0 Å². The van der Waals surface area contributed by atoms with E-state index in [9.17, 15) is 5.11 Å². The Morgan fingerprint density at radius 1 is 1.27 bits per heavy atom. The Morgan fingerprint density at radius 2 is 1.93 bits per heavy atom. The molecule has 0 heterocycles. The molecule has 0 saturated carbocycles. The summed E-state index contributed by atoms with van der Waals surface area (Å²) in [5.74, 6) is 0. The molecule has 1 aliphatic carbocycles. The average Bonchev–Trinajstić information content (AvgIpc) is 2.92. The minimum absolute atomic E-state index is 0. The molecular weight excluding hydrogens is 228 g/mol. The predicted octanol–water partition coefficient (Wildman–Crippen LogP) is 2.40. The van der Waals surface area contributed by atoms with Crippen molar-refractivity contribution in [3.63, 3.8) is 0 Å². The summed E-state index contributed by atoms with van der Waals surface area (Å²) in [4.78, 5) is 0. The van der Waals surface area contributed by atoms with E-state index in [1.807, 2.05) is 42.5 Å². The first kappa shape index (κ1) is 13.6. The molecule has 2 heteroatoms. The summed E-state index contributed by atoms with van der Waals surface area (Å²) in [7, 11) is 0. The van der Waals surface area contributed by atoms with Crippen LogP contribution in [0.4, 0.5) is 0 Å². The van der Waals surface area contributed by atoms with E-state index in [2.05, 4.69) is 6.58 Å². The second-order valence-electron chi connectivity index (χ2n) is 2.76. The Hall–Kier alpha value is -1.37. The minimum atomic E-state index is 0. The summed E-state index contributed by atoms with van der Waals surface area (Å²) in [6.45, 7) is 3.60. The van der Waals surface area contributed by atoms with Gasteiger partial charge in [0.15, 0.2) is 0 Å². The van der Waals surface area contributed by atoms with Crippen LogP contribution in [0.15, 0.2) is 67.0 Å². The van der Waals surface area contributed by atoms with Gasteiger partial charge in [-0.25, -0.2) is 0 Å². The van der Waals surface area contributed by atoms with E-state index in [0.717, 1.165) is 11.8 Å². The first-order valence-corrected chi connectivity index (χ1v) is 4.38. The monoisotopic (exact) mass is 240 g/mol. The quantitative estimate of drug-likeness (QED) is 0.420. The zero-order valence-electron chi connectivity index (χ0n) is 8.24. The first-order valence-electron chi connectivity index (χ1n) is 4.38. The fourth-order valence-corrected chi connectivity index (χ4v) is 0.992. The molecular formula is C13H12FeO. The third kappa shape index (κ3) is 5.16. The molecule has 0 spiro atoms. The molecule has 1 nitrogen and oxygen atoms in total. The van der Waals surface area contributed by atoms with Gasteiger partial charge in [0.25, 0.3) is 0 Å². The number of hydrogen-bond donors (Lipinski definition) is 0. The maximum atomic E-state index is 9.87. The van der Waals surface area contributed by atoms with Crippen LogP contribution < -0.4 is 5.11 Å². The molecule has 0 aromatic heterocycles. The molecule has 0 unspecified atom stereocenters. The Labute approximate surface area is 101 Å². The second kappa shape index (κ2) is 7.98. The van der Waals surface area contributed by atoms with E-state index in [4.69, 9.17) is 0 Å².